The predicted octanol–water partition coefficient (Wildman–Crippen LogP) is 1.73. The van der Waals surface area contributed by atoms with Gasteiger partial charge in [0.15, 0.2) is 5.78 Å². The molecule has 6 heteroatoms. The van der Waals surface area contributed by atoms with Gasteiger partial charge in [-0.15, -0.1) is 11.8 Å². The van der Waals surface area contributed by atoms with Gasteiger partial charge in [-0.05, 0) is 13.3 Å². The first-order chi connectivity index (χ1) is 11.1. The van der Waals surface area contributed by atoms with Crippen molar-refractivity contribution in [3.63, 3.8) is 0 Å². The Morgan fingerprint density at radius 3 is 2.65 bits per heavy atom. The molecule has 0 aliphatic carbocycles. The van der Waals surface area contributed by atoms with E-state index in [0.717, 1.165) is 13.0 Å². The number of thioether (sulfide) groups is 1. The van der Waals surface area contributed by atoms with Gasteiger partial charge in [-0.1, -0.05) is 30.3 Å². The second-order valence-corrected chi connectivity index (χ2v) is 6.68. The number of rotatable bonds is 8. The van der Waals surface area contributed by atoms with E-state index >= 15 is 0 Å². The molecule has 1 aromatic rings. The second kappa shape index (κ2) is 8.72. The van der Waals surface area contributed by atoms with Gasteiger partial charge in [0.1, 0.15) is 0 Å². The molecule has 124 valence electrons. The summed E-state index contributed by atoms with van der Waals surface area (Å²) in [6, 6.07) is 8.99. The summed E-state index contributed by atoms with van der Waals surface area (Å²) in [5, 5.41) is 2.88. The third kappa shape index (κ3) is 5.71. The molecule has 1 aliphatic heterocycles. The molecule has 2 rings (SSSR count). The number of carbonyl (C=O) groups excluding carboxylic acids is 3. The van der Waals surface area contributed by atoms with Gasteiger partial charge in [0.2, 0.25) is 11.8 Å². The molecule has 1 aromatic carbocycles. The Labute approximate surface area is 140 Å². The van der Waals surface area contributed by atoms with Gasteiger partial charge in [-0.25, -0.2) is 0 Å². The monoisotopic (exact) mass is 334 g/mol. The van der Waals surface area contributed by atoms with Crippen molar-refractivity contribution in [2.45, 2.75) is 25.8 Å². The predicted molar refractivity (Wildman–Crippen MR) is 91.5 cm³/mol. The molecule has 1 atom stereocenters. The van der Waals surface area contributed by atoms with Crippen molar-refractivity contribution < 1.29 is 14.4 Å². The van der Waals surface area contributed by atoms with Crippen molar-refractivity contribution in [1.82, 2.24) is 10.2 Å². The van der Waals surface area contributed by atoms with E-state index in [9.17, 15) is 14.4 Å². The van der Waals surface area contributed by atoms with Crippen LogP contribution >= 0.6 is 11.8 Å². The van der Waals surface area contributed by atoms with Crippen molar-refractivity contribution >= 4 is 29.4 Å². The van der Waals surface area contributed by atoms with Crippen LogP contribution in [0.1, 0.15) is 30.1 Å². The largest absolute Gasteiger partial charge is 0.351 e. The molecule has 23 heavy (non-hydrogen) atoms. The third-order valence-corrected chi connectivity index (χ3v) is 4.57. The first-order valence-corrected chi connectivity index (χ1v) is 8.95. The highest BCUT2D eigenvalue weighted by atomic mass is 32.2. The average Bonchev–Trinajstić information content (AvgIpc) is 2.93. The maximum Gasteiger partial charge on any atom is 0.230 e. The number of carbonyl (C=O) groups is 3. The van der Waals surface area contributed by atoms with E-state index in [0.29, 0.717) is 18.5 Å². The molecule has 0 bridgehead atoms. The van der Waals surface area contributed by atoms with Crippen LogP contribution in [0.4, 0.5) is 0 Å². The molecule has 1 heterocycles. The number of Topliss-reactive ketones (excluding diaryl/α,β-unsaturated/α-hetero) is 1. The number of hydrogen-bond donors (Lipinski definition) is 1. The first-order valence-electron chi connectivity index (χ1n) is 7.79. The van der Waals surface area contributed by atoms with Crippen LogP contribution in [0.25, 0.3) is 0 Å². The fourth-order valence-electron chi connectivity index (χ4n) is 2.53. The highest BCUT2D eigenvalue weighted by Crippen LogP contribution is 2.10. The maximum absolute atomic E-state index is 11.9. The van der Waals surface area contributed by atoms with Crippen LogP contribution in [0, 0.1) is 0 Å². The highest BCUT2D eigenvalue weighted by molar-refractivity contribution is 8.00. The lowest BCUT2D eigenvalue weighted by molar-refractivity contribution is -0.128. The van der Waals surface area contributed by atoms with Crippen LogP contribution < -0.4 is 5.32 Å². The molecule has 1 aliphatic rings. The van der Waals surface area contributed by atoms with E-state index in [1.807, 2.05) is 25.1 Å². The van der Waals surface area contributed by atoms with E-state index in [1.165, 1.54) is 11.8 Å². The SMILES string of the molecule is C[C@H](CN1CCCC1=O)NC(=O)CSCC(=O)c1ccccc1. The molecular formula is C17H22N2O3S. The number of nitrogens with zero attached hydrogens (tertiary/aromatic N) is 1. The van der Waals surface area contributed by atoms with Crippen molar-refractivity contribution in [2.24, 2.45) is 0 Å². The van der Waals surface area contributed by atoms with Gasteiger partial charge < -0.3 is 10.2 Å². The molecule has 0 saturated carbocycles. The molecule has 1 fully saturated rings. The van der Waals surface area contributed by atoms with Crippen molar-refractivity contribution in [3.8, 4) is 0 Å². The third-order valence-electron chi connectivity index (χ3n) is 3.64. The van der Waals surface area contributed by atoms with Gasteiger partial charge in [0.25, 0.3) is 0 Å². The zero-order chi connectivity index (χ0) is 16.7. The minimum Gasteiger partial charge on any atom is -0.351 e. The number of nitrogens with one attached hydrogen (secondary N) is 1. The Morgan fingerprint density at radius 1 is 1.26 bits per heavy atom. The van der Waals surface area contributed by atoms with Crippen molar-refractivity contribution in [3.05, 3.63) is 35.9 Å². The van der Waals surface area contributed by atoms with E-state index in [2.05, 4.69) is 5.32 Å². The fraction of sp³-hybridized carbons (Fsp3) is 0.471. The highest BCUT2D eigenvalue weighted by Gasteiger charge is 2.22. The number of amides is 2. The van der Waals surface area contributed by atoms with E-state index in [-0.39, 0.29) is 35.1 Å². The molecule has 1 N–H and O–H groups in total. The number of hydrogen-bond acceptors (Lipinski definition) is 4. The van der Waals surface area contributed by atoms with Crippen LogP contribution in [-0.4, -0.2) is 53.1 Å². The Kier molecular flexibility index (Phi) is 6.65. The van der Waals surface area contributed by atoms with Gasteiger partial charge in [-0.3, -0.25) is 14.4 Å². The van der Waals surface area contributed by atoms with E-state index in [4.69, 9.17) is 0 Å². The van der Waals surface area contributed by atoms with E-state index < -0.39 is 0 Å². The summed E-state index contributed by atoms with van der Waals surface area (Å²) >= 11 is 1.31. The maximum atomic E-state index is 11.9. The molecule has 5 nitrogen and oxygen atoms in total. The lowest BCUT2D eigenvalue weighted by Crippen LogP contribution is -2.43. The Bertz CT molecular complexity index is 562. The van der Waals surface area contributed by atoms with Crippen molar-refractivity contribution in [1.29, 1.82) is 0 Å². The summed E-state index contributed by atoms with van der Waals surface area (Å²) in [5.74, 6) is 0.621. The smallest absolute Gasteiger partial charge is 0.230 e. The molecule has 0 spiro atoms. The summed E-state index contributed by atoms with van der Waals surface area (Å²) in [6.45, 7) is 3.22. The zero-order valence-corrected chi connectivity index (χ0v) is 14.1. The molecule has 0 unspecified atom stereocenters. The van der Waals surface area contributed by atoms with Gasteiger partial charge in [0, 0.05) is 31.1 Å². The molecular weight excluding hydrogens is 312 g/mol. The summed E-state index contributed by atoms with van der Waals surface area (Å²) in [6.07, 6.45) is 1.51. The summed E-state index contributed by atoms with van der Waals surface area (Å²) < 4.78 is 0. The van der Waals surface area contributed by atoms with E-state index in [1.54, 1.807) is 17.0 Å². The molecule has 2 amide bonds. The topological polar surface area (TPSA) is 66.5 Å². The number of likely N-dealkylation sites (tertiary alicyclic amines) is 1. The quantitative estimate of drug-likeness (QED) is 0.735. The fourth-order valence-corrected chi connectivity index (χ4v) is 3.26. The van der Waals surface area contributed by atoms with Crippen LogP contribution in [0.2, 0.25) is 0 Å². The Balaban J connectivity index is 1.64. The minimum atomic E-state index is -0.102. The lowest BCUT2D eigenvalue weighted by Gasteiger charge is -2.21. The van der Waals surface area contributed by atoms with Crippen LogP contribution in [0.15, 0.2) is 30.3 Å². The Morgan fingerprint density at radius 2 is 2.00 bits per heavy atom. The molecule has 0 radical (unpaired) electrons. The zero-order valence-electron chi connectivity index (χ0n) is 13.3. The number of benzene rings is 1. The number of ketones is 1. The van der Waals surface area contributed by atoms with Gasteiger partial charge in [-0.2, -0.15) is 0 Å². The molecule has 0 aromatic heterocycles. The average molecular weight is 334 g/mol. The summed E-state index contributed by atoms with van der Waals surface area (Å²) in [7, 11) is 0. The normalized spacial score (nSPS) is 15.5. The summed E-state index contributed by atoms with van der Waals surface area (Å²) in [5.41, 5.74) is 0.668. The van der Waals surface area contributed by atoms with Crippen molar-refractivity contribution in [2.75, 3.05) is 24.6 Å². The standard InChI is InChI=1S/C17H22N2O3S/c1-13(10-19-9-5-8-17(19)22)18-16(21)12-23-11-15(20)14-6-3-2-4-7-14/h2-4,6-7,13H,5,8-12H2,1H3,(H,18,21)/t13-/m1/s1. The molecule has 1 saturated heterocycles. The first kappa shape index (κ1) is 17.5. The summed E-state index contributed by atoms with van der Waals surface area (Å²) in [4.78, 5) is 37.1. The van der Waals surface area contributed by atoms with Crippen LogP contribution in [0.5, 0.6) is 0 Å². The lowest BCUT2D eigenvalue weighted by atomic mass is 10.2. The van der Waals surface area contributed by atoms with Crippen LogP contribution in [0.3, 0.4) is 0 Å². The Hall–Kier alpha value is -1.82. The van der Waals surface area contributed by atoms with Crippen LogP contribution in [-0.2, 0) is 9.59 Å². The van der Waals surface area contributed by atoms with Gasteiger partial charge >= 0.3 is 0 Å². The second-order valence-electron chi connectivity index (χ2n) is 5.69. The van der Waals surface area contributed by atoms with Gasteiger partial charge in [0.05, 0.1) is 11.5 Å². The minimum absolute atomic E-state index is 0.0270.